The minimum Gasteiger partial charge on any atom is -0.493 e. The van der Waals surface area contributed by atoms with E-state index >= 15 is 0 Å². The number of esters is 1. The number of carbonyl (C=O) groups excluding carboxylic acids is 3. The van der Waals surface area contributed by atoms with Crippen LogP contribution in [0, 0.1) is 11.6 Å². The summed E-state index contributed by atoms with van der Waals surface area (Å²) >= 11 is 0. The molecule has 0 bridgehead atoms. The highest BCUT2D eigenvalue weighted by molar-refractivity contribution is 5.99. The molecule has 1 amide bonds. The van der Waals surface area contributed by atoms with Gasteiger partial charge in [-0.25, -0.2) is 8.78 Å². The van der Waals surface area contributed by atoms with Crippen molar-refractivity contribution < 1.29 is 32.6 Å². The third kappa shape index (κ3) is 4.46. The SMILES string of the molecule is O=C(CNC(=O)c1ccc(F)cc1F)OCC(=O)c1ccc2c(c1)CCO2. The smallest absolute Gasteiger partial charge is 0.325 e. The van der Waals surface area contributed by atoms with Crippen molar-refractivity contribution >= 4 is 17.7 Å². The molecule has 2 aromatic rings. The van der Waals surface area contributed by atoms with Crippen LogP contribution in [0.25, 0.3) is 0 Å². The summed E-state index contributed by atoms with van der Waals surface area (Å²) in [6.07, 6.45) is 0.711. The standard InChI is InChI=1S/C19H15F2NO5/c20-13-2-3-14(15(21)8-13)19(25)22-9-18(24)27-10-16(23)11-1-4-17-12(7-11)5-6-26-17/h1-4,7-8H,5-6,9-10H2,(H,22,25). The zero-order valence-corrected chi connectivity index (χ0v) is 14.1. The van der Waals surface area contributed by atoms with Gasteiger partial charge in [-0.1, -0.05) is 0 Å². The fraction of sp³-hybridized carbons (Fsp3) is 0.211. The third-order valence-corrected chi connectivity index (χ3v) is 3.94. The molecule has 0 saturated carbocycles. The van der Waals surface area contributed by atoms with Crippen LogP contribution in [0.1, 0.15) is 26.3 Å². The number of Topliss-reactive ketones (excluding diaryl/α,β-unsaturated/α-hetero) is 1. The molecule has 1 heterocycles. The van der Waals surface area contributed by atoms with Crippen LogP contribution in [0.15, 0.2) is 36.4 Å². The molecule has 1 aliphatic heterocycles. The molecule has 27 heavy (non-hydrogen) atoms. The molecule has 140 valence electrons. The van der Waals surface area contributed by atoms with Gasteiger partial charge in [-0.15, -0.1) is 0 Å². The fourth-order valence-electron chi connectivity index (χ4n) is 2.56. The molecular formula is C19H15F2NO5. The van der Waals surface area contributed by atoms with E-state index in [1.807, 2.05) is 0 Å². The van der Waals surface area contributed by atoms with Gasteiger partial charge in [-0.05, 0) is 35.9 Å². The fourth-order valence-corrected chi connectivity index (χ4v) is 2.56. The van der Waals surface area contributed by atoms with E-state index in [1.54, 1.807) is 18.2 Å². The first-order chi connectivity index (χ1) is 12.9. The summed E-state index contributed by atoms with van der Waals surface area (Å²) in [6.45, 7) is -0.476. The zero-order valence-electron chi connectivity index (χ0n) is 14.1. The molecule has 8 heteroatoms. The largest absolute Gasteiger partial charge is 0.493 e. The predicted octanol–water partition coefficient (Wildman–Crippen LogP) is 2.06. The van der Waals surface area contributed by atoms with Gasteiger partial charge in [0.1, 0.15) is 23.9 Å². The maximum absolute atomic E-state index is 13.5. The normalized spacial score (nSPS) is 12.1. The van der Waals surface area contributed by atoms with Gasteiger partial charge in [0, 0.05) is 18.1 Å². The Morgan fingerprint density at radius 1 is 1.11 bits per heavy atom. The molecule has 3 rings (SSSR count). The molecule has 0 fully saturated rings. The maximum atomic E-state index is 13.5. The molecule has 0 saturated heterocycles. The summed E-state index contributed by atoms with van der Waals surface area (Å²) in [7, 11) is 0. The molecule has 1 aliphatic rings. The van der Waals surface area contributed by atoms with E-state index in [2.05, 4.69) is 5.32 Å². The summed E-state index contributed by atoms with van der Waals surface area (Å²) in [5.74, 6) is -3.27. The Kier molecular flexibility index (Phi) is 5.44. The van der Waals surface area contributed by atoms with Crippen LogP contribution in [-0.4, -0.2) is 37.4 Å². The van der Waals surface area contributed by atoms with Crippen molar-refractivity contribution in [3.8, 4) is 5.75 Å². The Morgan fingerprint density at radius 2 is 1.93 bits per heavy atom. The minimum atomic E-state index is -1.04. The lowest BCUT2D eigenvalue weighted by Crippen LogP contribution is -2.32. The highest BCUT2D eigenvalue weighted by Crippen LogP contribution is 2.26. The highest BCUT2D eigenvalue weighted by atomic mass is 19.1. The molecular weight excluding hydrogens is 360 g/mol. The summed E-state index contributed by atoms with van der Waals surface area (Å²) < 4.78 is 36.5. The van der Waals surface area contributed by atoms with Crippen molar-refractivity contribution in [3.05, 3.63) is 64.7 Å². The van der Waals surface area contributed by atoms with Crippen LogP contribution in [0.2, 0.25) is 0 Å². The average Bonchev–Trinajstić information content (AvgIpc) is 3.11. The second-order valence-electron chi connectivity index (χ2n) is 5.81. The third-order valence-electron chi connectivity index (χ3n) is 3.94. The van der Waals surface area contributed by atoms with E-state index < -0.39 is 48.0 Å². The molecule has 0 spiro atoms. The number of fused-ring (bicyclic) bond motifs is 1. The van der Waals surface area contributed by atoms with E-state index in [0.29, 0.717) is 24.7 Å². The van der Waals surface area contributed by atoms with Crippen LogP contribution in [0.3, 0.4) is 0 Å². The van der Waals surface area contributed by atoms with Crippen molar-refractivity contribution in [1.29, 1.82) is 0 Å². The Hall–Kier alpha value is -3.29. The molecule has 0 aromatic heterocycles. The van der Waals surface area contributed by atoms with E-state index in [9.17, 15) is 23.2 Å². The Bertz CT molecular complexity index is 913. The summed E-state index contributed by atoms with van der Waals surface area (Å²) in [5, 5.41) is 2.15. The summed E-state index contributed by atoms with van der Waals surface area (Å²) in [6, 6.07) is 7.42. The van der Waals surface area contributed by atoms with Crippen molar-refractivity contribution in [2.75, 3.05) is 19.8 Å². The monoisotopic (exact) mass is 375 g/mol. The van der Waals surface area contributed by atoms with E-state index in [0.717, 1.165) is 23.4 Å². The van der Waals surface area contributed by atoms with Gasteiger partial charge in [0.25, 0.3) is 5.91 Å². The Morgan fingerprint density at radius 3 is 2.70 bits per heavy atom. The number of ketones is 1. The van der Waals surface area contributed by atoms with Gasteiger partial charge in [0.15, 0.2) is 12.4 Å². The van der Waals surface area contributed by atoms with Gasteiger partial charge in [-0.3, -0.25) is 14.4 Å². The highest BCUT2D eigenvalue weighted by Gasteiger charge is 2.17. The quantitative estimate of drug-likeness (QED) is 0.617. The number of hydrogen-bond acceptors (Lipinski definition) is 5. The number of ether oxygens (including phenoxy) is 2. The number of carbonyl (C=O) groups is 3. The van der Waals surface area contributed by atoms with Crippen LogP contribution >= 0.6 is 0 Å². The lowest BCUT2D eigenvalue weighted by molar-refractivity contribution is -0.141. The van der Waals surface area contributed by atoms with Gasteiger partial charge < -0.3 is 14.8 Å². The maximum Gasteiger partial charge on any atom is 0.325 e. The molecule has 0 atom stereocenters. The predicted molar refractivity (Wildman–Crippen MR) is 89.6 cm³/mol. The average molecular weight is 375 g/mol. The van der Waals surface area contributed by atoms with E-state index in [4.69, 9.17) is 9.47 Å². The Labute approximate surface area is 153 Å². The van der Waals surface area contributed by atoms with Gasteiger partial charge in [0.05, 0.1) is 12.2 Å². The van der Waals surface area contributed by atoms with Crippen LogP contribution in [-0.2, 0) is 16.0 Å². The van der Waals surface area contributed by atoms with Crippen molar-refractivity contribution in [1.82, 2.24) is 5.32 Å². The number of rotatable bonds is 6. The lowest BCUT2D eigenvalue weighted by Gasteiger charge is -2.07. The number of halogens is 2. The first kappa shape index (κ1) is 18.5. The molecule has 0 radical (unpaired) electrons. The van der Waals surface area contributed by atoms with Crippen LogP contribution in [0.4, 0.5) is 8.78 Å². The van der Waals surface area contributed by atoms with E-state index in [1.165, 1.54) is 0 Å². The summed E-state index contributed by atoms with van der Waals surface area (Å²) in [4.78, 5) is 35.6. The second-order valence-corrected chi connectivity index (χ2v) is 5.81. The Balaban J connectivity index is 1.48. The molecule has 2 aromatic carbocycles. The van der Waals surface area contributed by atoms with Crippen LogP contribution < -0.4 is 10.1 Å². The molecule has 0 aliphatic carbocycles. The number of hydrogen-bond donors (Lipinski definition) is 1. The number of nitrogens with one attached hydrogen (secondary N) is 1. The topological polar surface area (TPSA) is 81.7 Å². The molecule has 6 nitrogen and oxygen atoms in total. The van der Waals surface area contributed by atoms with Crippen LogP contribution in [0.5, 0.6) is 5.75 Å². The first-order valence-electron chi connectivity index (χ1n) is 8.12. The van der Waals surface area contributed by atoms with Gasteiger partial charge in [-0.2, -0.15) is 0 Å². The van der Waals surface area contributed by atoms with Crippen molar-refractivity contribution in [2.45, 2.75) is 6.42 Å². The first-order valence-corrected chi connectivity index (χ1v) is 8.12. The number of amides is 1. The van der Waals surface area contributed by atoms with Gasteiger partial charge >= 0.3 is 5.97 Å². The van der Waals surface area contributed by atoms with Crippen molar-refractivity contribution in [3.63, 3.8) is 0 Å². The second kappa shape index (κ2) is 7.94. The zero-order chi connectivity index (χ0) is 19.4. The minimum absolute atomic E-state index is 0.393. The van der Waals surface area contributed by atoms with Gasteiger partial charge in [0.2, 0.25) is 0 Å². The van der Waals surface area contributed by atoms with E-state index in [-0.39, 0.29) is 0 Å². The number of benzene rings is 2. The lowest BCUT2D eigenvalue weighted by atomic mass is 10.1. The summed E-state index contributed by atoms with van der Waals surface area (Å²) in [5.41, 5.74) is 0.908. The molecule has 1 N–H and O–H groups in total. The molecule has 0 unspecified atom stereocenters. The van der Waals surface area contributed by atoms with Crippen molar-refractivity contribution in [2.24, 2.45) is 0 Å².